The molecule has 4 N–H and O–H groups in total. The molecule has 0 aliphatic heterocycles. The number of hydrogen-bond donors (Lipinski definition) is 4. The van der Waals surface area contributed by atoms with Gasteiger partial charge in [0.05, 0.1) is 5.41 Å². The van der Waals surface area contributed by atoms with Crippen molar-refractivity contribution in [1.29, 1.82) is 0 Å². The van der Waals surface area contributed by atoms with E-state index in [-0.39, 0.29) is 23.9 Å². The summed E-state index contributed by atoms with van der Waals surface area (Å²) in [6, 6.07) is -0.0180. The summed E-state index contributed by atoms with van der Waals surface area (Å²) in [5.41, 5.74) is 0. The molecule has 0 aromatic carbocycles. The van der Waals surface area contributed by atoms with E-state index in [2.05, 4.69) is 19.9 Å². The van der Waals surface area contributed by atoms with Crippen molar-refractivity contribution in [2.24, 2.45) is 5.92 Å². The Kier molecular flexibility index (Phi) is 6.99. The average Bonchev–Trinajstić information content (AvgIpc) is 2.14. The van der Waals surface area contributed by atoms with Crippen molar-refractivity contribution in [3.05, 3.63) is 0 Å². The molecule has 0 aromatic heterocycles. The Morgan fingerprint density at radius 3 is 2.11 bits per heavy atom. The molecular weight excluding hydrogens is 271 g/mol. The van der Waals surface area contributed by atoms with Gasteiger partial charge in [-0.2, -0.15) is 0 Å². The van der Waals surface area contributed by atoms with Crippen molar-refractivity contribution in [2.75, 3.05) is 0 Å². The van der Waals surface area contributed by atoms with Gasteiger partial charge in [-0.15, -0.1) is 9.24 Å². The van der Waals surface area contributed by atoms with Crippen LogP contribution in [0.25, 0.3) is 0 Å². The Hall–Kier alpha value is -0.493. The van der Waals surface area contributed by atoms with Gasteiger partial charge in [-0.1, -0.05) is 6.92 Å². The molecule has 1 unspecified atom stereocenters. The highest BCUT2D eigenvalue weighted by Gasteiger charge is 2.40. The first-order valence-electron chi connectivity index (χ1n) is 5.84. The molecule has 8 heteroatoms. The number of carbonyl (C=O) groups excluding carboxylic acids is 2. The van der Waals surface area contributed by atoms with E-state index in [0.29, 0.717) is 0 Å². The zero-order valence-electron chi connectivity index (χ0n) is 11.2. The number of hydrogen-bond acceptors (Lipinski definition) is 4. The molecule has 6 nitrogen and oxygen atoms in total. The van der Waals surface area contributed by atoms with Crippen LogP contribution in [0.1, 0.15) is 27.7 Å². The second kappa shape index (κ2) is 7.18. The van der Waals surface area contributed by atoms with Gasteiger partial charge in [0.25, 0.3) is 0 Å². The molecule has 0 saturated carbocycles. The average molecular weight is 294 g/mol. The quantitative estimate of drug-likeness (QED) is 0.390. The first kappa shape index (κ1) is 17.5. The van der Waals surface area contributed by atoms with E-state index >= 15 is 0 Å². The minimum Gasteiger partial charge on any atom is -0.409 e. The number of nitrogens with one attached hydrogen (secondary N) is 2. The maximum absolute atomic E-state index is 11.7. The second-order valence-electron chi connectivity index (χ2n) is 4.83. The maximum atomic E-state index is 11.7. The summed E-state index contributed by atoms with van der Waals surface area (Å²) >= 11 is 0. The summed E-state index contributed by atoms with van der Waals surface area (Å²) in [7, 11) is -1.47. The van der Waals surface area contributed by atoms with Crippen molar-refractivity contribution in [2.45, 2.75) is 45.2 Å². The van der Waals surface area contributed by atoms with Gasteiger partial charge in [0.15, 0.2) is 0 Å². The van der Waals surface area contributed by atoms with Gasteiger partial charge in [-0.3, -0.25) is 9.59 Å². The van der Waals surface area contributed by atoms with Crippen molar-refractivity contribution in [1.82, 2.24) is 10.6 Å². The van der Waals surface area contributed by atoms with Gasteiger partial charge in [-0.25, -0.2) is 0 Å². The fourth-order valence-corrected chi connectivity index (χ4v) is 3.85. The Morgan fingerprint density at radius 1 is 1.22 bits per heavy atom. The highest BCUT2D eigenvalue weighted by Crippen LogP contribution is 2.19. The van der Waals surface area contributed by atoms with E-state index in [4.69, 9.17) is 0 Å². The van der Waals surface area contributed by atoms with Crippen LogP contribution in [-0.4, -0.2) is 41.4 Å². The standard InChI is InChI=1S/C10H23N2O4PSi/c1-6(2)11-9(14)7(3)5-18(15,16)10(17)12-8(4)13/h6-7,10,15-16H,5,17H2,1-4H3,(H,11,14)(H,12,13)/t7-,10+/m1/s1. The van der Waals surface area contributed by atoms with Crippen molar-refractivity contribution in [3.63, 3.8) is 0 Å². The fraction of sp³-hybridized carbons (Fsp3) is 0.800. The summed E-state index contributed by atoms with van der Waals surface area (Å²) in [6.07, 6.45) is 0. The molecule has 0 aliphatic carbocycles. The minimum absolute atomic E-state index is 0.00976. The Morgan fingerprint density at radius 2 is 1.72 bits per heavy atom. The number of amides is 2. The first-order valence-corrected chi connectivity index (χ1v) is 8.68. The van der Waals surface area contributed by atoms with Gasteiger partial charge in [0.1, 0.15) is 0 Å². The van der Waals surface area contributed by atoms with Crippen molar-refractivity contribution < 1.29 is 19.2 Å². The molecule has 0 heterocycles. The predicted octanol–water partition coefficient (Wildman–Crippen LogP) is -0.550. The van der Waals surface area contributed by atoms with Crippen LogP contribution in [-0.2, 0) is 9.59 Å². The zero-order chi connectivity index (χ0) is 14.5. The lowest BCUT2D eigenvalue weighted by Crippen LogP contribution is -2.55. The monoisotopic (exact) mass is 294 g/mol. The Balaban J connectivity index is 4.46. The molecule has 0 radical (unpaired) electrons. The molecule has 0 rings (SSSR count). The molecule has 0 saturated heterocycles. The van der Waals surface area contributed by atoms with E-state index in [1.54, 1.807) is 6.92 Å². The first-order chi connectivity index (χ1) is 8.06. The van der Waals surface area contributed by atoms with Crippen LogP contribution in [0.2, 0.25) is 6.04 Å². The minimum atomic E-state index is -3.68. The smallest absolute Gasteiger partial charge is 0.360 e. The van der Waals surface area contributed by atoms with Gasteiger partial charge < -0.3 is 20.2 Å². The van der Waals surface area contributed by atoms with Crippen LogP contribution >= 0.6 is 9.24 Å². The number of rotatable bonds is 6. The number of carbonyl (C=O) groups is 2. The lowest BCUT2D eigenvalue weighted by Gasteiger charge is -2.27. The van der Waals surface area contributed by atoms with Gasteiger partial charge in [0, 0.05) is 24.9 Å². The van der Waals surface area contributed by atoms with Crippen LogP contribution in [0.4, 0.5) is 0 Å². The highest BCUT2D eigenvalue weighted by atomic mass is 31.0. The van der Waals surface area contributed by atoms with Crippen LogP contribution in [0, 0.1) is 5.92 Å². The highest BCUT2D eigenvalue weighted by molar-refractivity contribution is 7.23. The molecular formula is C10H23N2O4PSi. The predicted molar refractivity (Wildman–Crippen MR) is 74.8 cm³/mol. The van der Waals surface area contributed by atoms with E-state index in [1.165, 1.54) is 6.92 Å². The van der Waals surface area contributed by atoms with Gasteiger partial charge in [-0.05, 0) is 13.8 Å². The van der Waals surface area contributed by atoms with Crippen molar-refractivity contribution >= 4 is 29.6 Å². The molecule has 2 amide bonds. The van der Waals surface area contributed by atoms with Crippen LogP contribution < -0.4 is 10.6 Å². The molecule has 18 heavy (non-hydrogen) atoms. The molecule has 0 aliphatic rings. The normalized spacial score (nSPS) is 15.1. The van der Waals surface area contributed by atoms with E-state index in [9.17, 15) is 19.2 Å². The lowest BCUT2D eigenvalue weighted by atomic mass is 10.2. The topological polar surface area (TPSA) is 98.7 Å². The molecule has 3 atom stereocenters. The molecule has 0 spiro atoms. The molecule has 0 bridgehead atoms. The van der Waals surface area contributed by atoms with Gasteiger partial charge in [0.2, 0.25) is 11.8 Å². The summed E-state index contributed by atoms with van der Waals surface area (Å²) < 4.78 is 0. The largest absolute Gasteiger partial charge is 0.409 e. The van der Waals surface area contributed by atoms with E-state index in [1.807, 2.05) is 13.8 Å². The maximum Gasteiger partial charge on any atom is 0.360 e. The van der Waals surface area contributed by atoms with Gasteiger partial charge >= 0.3 is 8.56 Å². The van der Waals surface area contributed by atoms with Crippen LogP contribution in [0.5, 0.6) is 0 Å². The third kappa shape index (κ3) is 6.44. The third-order valence-electron chi connectivity index (χ3n) is 2.34. The lowest BCUT2D eigenvalue weighted by molar-refractivity contribution is -0.124. The third-order valence-corrected chi connectivity index (χ3v) is 6.46. The summed E-state index contributed by atoms with van der Waals surface area (Å²) in [5.74, 6) is -1.06. The summed E-state index contributed by atoms with van der Waals surface area (Å²) in [6.45, 7) is 6.61. The molecule has 0 fully saturated rings. The fourth-order valence-electron chi connectivity index (χ4n) is 1.43. The van der Waals surface area contributed by atoms with Crippen molar-refractivity contribution in [3.8, 4) is 0 Å². The molecule has 106 valence electrons. The SMILES string of the molecule is CC(=O)N[C@@H](P)[Si](O)(O)C[C@@H](C)C(=O)NC(C)C. The summed E-state index contributed by atoms with van der Waals surface area (Å²) in [4.78, 5) is 42.5. The Bertz CT molecular complexity index is 312. The summed E-state index contributed by atoms with van der Waals surface area (Å²) in [5, 5.41) is 4.35. The van der Waals surface area contributed by atoms with Crippen LogP contribution in [0.15, 0.2) is 0 Å². The zero-order valence-corrected chi connectivity index (χ0v) is 13.4. The van der Waals surface area contributed by atoms with E-state index in [0.717, 1.165) is 0 Å². The second-order valence-corrected chi connectivity index (χ2v) is 8.95. The van der Waals surface area contributed by atoms with E-state index < -0.39 is 19.9 Å². The Labute approximate surface area is 111 Å². The molecule has 0 aromatic rings. The van der Waals surface area contributed by atoms with Crippen LogP contribution in [0.3, 0.4) is 0 Å².